The summed E-state index contributed by atoms with van der Waals surface area (Å²) in [6, 6.07) is 6.24. The molecule has 1 amide bonds. The summed E-state index contributed by atoms with van der Waals surface area (Å²) in [4.78, 5) is 26.9. The molecule has 194 valence electrons. The zero-order valence-electron chi connectivity index (χ0n) is 22.2. The molecule has 2 aromatic rings. The molecule has 1 N–H and O–H groups in total. The number of amides is 1. The van der Waals surface area contributed by atoms with Gasteiger partial charge in [-0.1, -0.05) is 43.6 Å². The first-order chi connectivity index (χ1) is 17.1. The topological polar surface area (TPSA) is 83.6 Å². The number of rotatable bonds is 9. The number of aryl methyl sites for hydroxylation is 1. The average molecular weight is 493 g/mol. The van der Waals surface area contributed by atoms with E-state index in [1.807, 2.05) is 17.0 Å². The van der Waals surface area contributed by atoms with Crippen molar-refractivity contribution >= 4 is 17.6 Å². The van der Waals surface area contributed by atoms with E-state index in [9.17, 15) is 14.7 Å². The van der Waals surface area contributed by atoms with Crippen molar-refractivity contribution in [3.05, 3.63) is 46.3 Å². The molecular weight excluding hydrogens is 452 g/mol. The fourth-order valence-electron chi connectivity index (χ4n) is 6.42. The Labute approximate surface area is 214 Å². The van der Waals surface area contributed by atoms with Gasteiger partial charge in [-0.15, -0.1) is 0 Å². The summed E-state index contributed by atoms with van der Waals surface area (Å²) >= 11 is 0. The van der Waals surface area contributed by atoms with Gasteiger partial charge in [0.05, 0.1) is 5.69 Å². The lowest BCUT2D eigenvalue weighted by atomic mass is 9.66. The Hall–Kier alpha value is -2.63. The Bertz CT molecular complexity index is 1130. The molecule has 36 heavy (non-hydrogen) atoms. The molecule has 1 aliphatic heterocycles. The molecule has 2 heterocycles. The SMILES string of the molecule is Cc1ccc2c(c1)CCN2C(=O)CC(CCC(=O)O)c1noc(C2CC(CC(C)(C)C)C2)c1C1CC1. The first-order valence-corrected chi connectivity index (χ1v) is 13.7. The predicted octanol–water partition coefficient (Wildman–Crippen LogP) is 6.72. The minimum Gasteiger partial charge on any atom is -0.481 e. The van der Waals surface area contributed by atoms with E-state index < -0.39 is 5.97 Å². The van der Waals surface area contributed by atoms with Crippen LogP contribution in [0.5, 0.6) is 0 Å². The number of aromatic nitrogens is 1. The predicted molar refractivity (Wildman–Crippen MR) is 139 cm³/mol. The lowest BCUT2D eigenvalue weighted by Crippen LogP contribution is -2.30. The van der Waals surface area contributed by atoms with E-state index in [0.717, 1.165) is 55.2 Å². The largest absolute Gasteiger partial charge is 0.481 e. The fourth-order valence-corrected chi connectivity index (χ4v) is 6.42. The van der Waals surface area contributed by atoms with Gasteiger partial charge in [0, 0.05) is 42.5 Å². The zero-order valence-corrected chi connectivity index (χ0v) is 22.2. The molecule has 6 heteroatoms. The van der Waals surface area contributed by atoms with Gasteiger partial charge in [0.1, 0.15) is 5.76 Å². The number of carboxylic acids is 1. The molecule has 2 saturated carbocycles. The van der Waals surface area contributed by atoms with E-state index in [1.165, 1.54) is 23.1 Å². The lowest BCUT2D eigenvalue weighted by molar-refractivity contribution is -0.137. The van der Waals surface area contributed by atoms with Crippen LogP contribution in [0.25, 0.3) is 0 Å². The van der Waals surface area contributed by atoms with Crippen LogP contribution in [0.2, 0.25) is 0 Å². The van der Waals surface area contributed by atoms with Crippen LogP contribution in [-0.2, 0) is 16.0 Å². The van der Waals surface area contributed by atoms with Crippen molar-refractivity contribution in [2.24, 2.45) is 11.3 Å². The number of hydrogen-bond donors (Lipinski definition) is 1. The van der Waals surface area contributed by atoms with Gasteiger partial charge in [-0.25, -0.2) is 0 Å². The van der Waals surface area contributed by atoms with Crippen molar-refractivity contribution in [3.63, 3.8) is 0 Å². The van der Waals surface area contributed by atoms with Crippen LogP contribution in [0.1, 0.15) is 118 Å². The Balaban J connectivity index is 1.36. The normalized spacial score (nSPS) is 22.3. The summed E-state index contributed by atoms with van der Waals surface area (Å²) in [7, 11) is 0. The number of carbonyl (C=O) groups excluding carboxylic acids is 1. The highest BCUT2D eigenvalue weighted by Gasteiger charge is 2.42. The van der Waals surface area contributed by atoms with Crippen molar-refractivity contribution in [2.45, 2.75) is 103 Å². The van der Waals surface area contributed by atoms with Crippen molar-refractivity contribution in [2.75, 3.05) is 11.4 Å². The molecule has 1 atom stereocenters. The third kappa shape index (κ3) is 5.37. The molecule has 1 aromatic heterocycles. The van der Waals surface area contributed by atoms with Gasteiger partial charge >= 0.3 is 5.97 Å². The second-order valence-electron chi connectivity index (χ2n) is 12.7. The molecule has 1 aromatic carbocycles. The molecular formula is C30H40N2O4. The number of benzene rings is 1. The first-order valence-electron chi connectivity index (χ1n) is 13.7. The number of anilines is 1. The molecule has 3 aliphatic rings. The third-order valence-electron chi connectivity index (χ3n) is 8.22. The van der Waals surface area contributed by atoms with Crippen molar-refractivity contribution in [1.29, 1.82) is 0 Å². The monoisotopic (exact) mass is 492 g/mol. The average Bonchev–Trinajstić information content (AvgIpc) is 3.38. The summed E-state index contributed by atoms with van der Waals surface area (Å²) in [5.74, 6) is 1.57. The molecule has 5 rings (SSSR count). The minimum atomic E-state index is -0.838. The standard InChI is InChI=1S/C30H40N2O4/c1-18-5-9-24-21(13-18)11-12-32(24)25(33)16-22(8-10-26(34)35)28-27(20-6-7-20)29(36-31-28)23-14-19(15-23)17-30(2,3)4/h5,9,13,19-20,22-23H,6-8,10-12,14-17H2,1-4H3,(H,34,35). The molecule has 6 nitrogen and oxygen atoms in total. The molecule has 0 saturated heterocycles. The Morgan fingerprint density at radius 3 is 2.61 bits per heavy atom. The van der Waals surface area contributed by atoms with E-state index in [4.69, 9.17) is 4.52 Å². The number of nitrogens with zero attached hydrogens (tertiary/aromatic N) is 2. The first kappa shape index (κ1) is 25.0. The minimum absolute atomic E-state index is 0.0249. The number of aliphatic carboxylic acids is 1. The van der Waals surface area contributed by atoms with E-state index in [0.29, 0.717) is 30.2 Å². The number of fused-ring (bicyclic) bond motifs is 1. The van der Waals surface area contributed by atoms with E-state index in [-0.39, 0.29) is 24.7 Å². The smallest absolute Gasteiger partial charge is 0.303 e. The Morgan fingerprint density at radius 1 is 1.19 bits per heavy atom. The molecule has 0 spiro atoms. The number of carbonyl (C=O) groups is 2. The zero-order chi connectivity index (χ0) is 25.6. The Kier molecular flexibility index (Phi) is 6.73. The third-order valence-corrected chi connectivity index (χ3v) is 8.22. The van der Waals surface area contributed by atoms with Gasteiger partial charge in [0.25, 0.3) is 0 Å². The van der Waals surface area contributed by atoms with E-state index in [2.05, 4.69) is 38.9 Å². The highest BCUT2D eigenvalue weighted by atomic mass is 16.5. The van der Waals surface area contributed by atoms with Crippen molar-refractivity contribution in [3.8, 4) is 0 Å². The fraction of sp³-hybridized carbons (Fsp3) is 0.633. The van der Waals surface area contributed by atoms with Gasteiger partial charge in [-0.3, -0.25) is 9.59 Å². The van der Waals surface area contributed by atoms with Crippen LogP contribution in [0.15, 0.2) is 22.7 Å². The maximum absolute atomic E-state index is 13.5. The summed E-state index contributed by atoms with van der Waals surface area (Å²) < 4.78 is 6.02. The molecule has 0 radical (unpaired) electrons. The molecule has 1 unspecified atom stereocenters. The maximum atomic E-state index is 13.5. The number of carboxylic acid groups (broad SMARTS) is 1. The lowest BCUT2D eigenvalue weighted by Gasteiger charge is -2.38. The second-order valence-corrected chi connectivity index (χ2v) is 12.7. The summed E-state index contributed by atoms with van der Waals surface area (Å²) in [6.07, 6.45) is 7.29. The van der Waals surface area contributed by atoms with Crippen molar-refractivity contribution in [1.82, 2.24) is 5.16 Å². The summed E-state index contributed by atoms with van der Waals surface area (Å²) in [5, 5.41) is 14.0. The van der Waals surface area contributed by atoms with Crippen LogP contribution >= 0.6 is 0 Å². The maximum Gasteiger partial charge on any atom is 0.303 e. The van der Waals surface area contributed by atoms with Crippen LogP contribution in [0.4, 0.5) is 5.69 Å². The van der Waals surface area contributed by atoms with Crippen molar-refractivity contribution < 1.29 is 19.2 Å². The van der Waals surface area contributed by atoms with Gasteiger partial charge in [0.2, 0.25) is 5.91 Å². The van der Waals surface area contributed by atoms with Gasteiger partial charge in [0.15, 0.2) is 0 Å². The molecule has 2 aliphatic carbocycles. The van der Waals surface area contributed by atoms with E-state index >= 15 is 0 Å². The van der Waals surface area contributed by atoms with Crippen LogP contribution in [0.3, 0.4) is 0 Å². The van der Waals surface area contributed by atoms with Crippen LogP contribution < -0.4 is 4.90 Å². The Morgan fingerprint density at radius 2 is 1.94 bits per heavy atom. The second kappa shape index (κ2) is 9.68. The number of hydrogen-bond acceptors (Lipinski definition) is 4. The van der Waals surface area contributed by atoms with E-state index in [1.54, 1.807) is 0 Å². The highest BCUT2D eigenvalue weighted by molar-refractivity contribution is 5.96. The van der Waals surface area contributed by atoms with Gasteiger partial charge in [-0.05, 0) is 80.8 Å². The molecule has 2 fully saturated rings. The van der Waals surface area contributed by atoms with Gasteiger partial charge < -0.3 is 14.5 Å². The van der Waals surface area contributed by atoms with Gasteiger partial charge in [-0.2, -0.15) is 0 Å². The van der Waals surface area contributed by atoms with Crippen LogP contribution in [0, 0.1) is 18.3 Å². The van der Waals surface area contributed by atoms with Crippen LogP contribution in [-0.4, -0.2) is 28.7 Å². The summed E-state index contributed by atoms with van der Waals surface area (Å²) in [5.41, 5.74) is 5.79. The summed E-state index contributed by atoms with van der Waals surface area (Å²) in [6.45, 7) is 9.65. The quantitative estimate of drug-likeness (QED) is 0.420. The highest BCUT2D eigenvalue weighted by Crippen LogP contribution is 2.53. The molecule has 0 bridgehead atoms.